The van der Waals surface area contributed by atoms with Crippen molar-refractivity contribution >= 4 is 5.82 Å². The number of hydrogen-bond acceptors (Lipinski definition) is 5. The molecule has 2 heterocycles. The Morgan fingerprint density at radius 2 is 1.93 bits per heavy atom. The summed E-state index contributed by atoms with van der Waals surface area (Å²) in [6.45, 7) is 0.266. The van der Waals surface area contributed by atoms with Crippen LogP contribution in [0.3, 0.4) is 0 Å². The van der Waals surface area contributed by atoms with Crippen LogP contribution in [0.25, 0.3) is 11.3 Å². The van der Waals surface area contributed by atoms with E-state index in [2.05, 4.69) is 20.5 Å². The van der Waals surface area contributed by atoms with Crippen LogP contribution in [0.1, 0.15) is 17.7 Å². The molecule has 0 saturated heterocycles. The standard InChI is InChI=1S/C20H16F3N5/c21-14(11-19-17(23)2-1-8-25-19)7-9-26-20-6-5-18(27-28-20)15-10-13(12-24)3-4-16(15)22/h1-6,8,10,14H,7,9,11H2,(H,26,28)/t14-/m0/s1. The first kappa shape index (κ1) is 19.3. The van der Waals surface area contributed by atoms with Gasteiger partial charge in [0.1, 0.15) is 23.6 Å². The van der Waals surface area contributed by atoms with Crippen LogP contribution in [0.2, 0.25) is 0 Å². The fraction of sp³-hybridized carbons (Fsp3) is 0.200. The van der Waals surface area contributed by atoms with E-state index in [9.17, 15) is 13.2 Å². The zero-order chi connectivity index (χ0) is 19.9. The van der Waals surface area contributed by atoms with Crippen molar-refractivity contribution in [2.24, 2.45) is 0 Å². The Hall–Kier alpha value is -3.47. The number of nitrogens with one attached hydrogen (secondary N) is 1. The summed E-state index contributed by atoms with van der Waals surface area (Å²) in [7, 11) is 0. The van der Waals surface area contributed by atoms with E-state index in [-0.39, 0.29) is 36.3 Å². The smallest absolute Gasteiger partial charge is 0.148 e. The van der Waals surface area contributed by atoms with Gasteiger partial charge < -0.3 is 5.32 Å². The van der Waals surface area contributed by atoms with Crippen molar-refractivity contribution in [1.29, 1.82) is 5.26 Å². The Morgan fingerprint density at radius 1 is 1.07 bits per heavy atom. The molecule has 0 unspecified atom stereocenters. The van der Waals surface area contributed by atoms with E-state index in [4.69, 9.17) is 5.26 Å². The minimum atomic E-state index is -1.26. The Balaban J connectivity index is 1.55. The highest BCUT2D eigenvalue weighted by molar-refractivity contribution is 5.62. The Bertz CT molecular complexity index is 986. The summed E-state index contributed by atoms with van der Waals surface area (Å²) in [5.41, 5.74) is 0.882. The third-order valence-electron chi connectivity index (χ3n) is 4.05. The third-order valence-corrected chi connectivity index (χ3v) is 4.05. The maximum Gasteiger partial charge on any atom is 0.148 e. The van der Waals surface area contributed by atoms with Gasteiger partial charge in [-0.3, -0.25) is 4.98 Å². The van der Waals surface area contributed by atoms with Crippen LogP contribution in [0.5, 0.6) is 0 Å². The molecule has 142 valence electrons. The summed E-state index contributed by atoms with van der Waals surface area (Å²) in [5.74, 6) is -0.625. The van der Waals surface area contributed by atoms with Crippen LogP contribution in [0.15, 0.2) is 48.7 Å². The number of nitrogens with zero attached hydrogens (tertiary/aromatic N) is 4. The quantitative estimate of drug-likeness (QED) is 0.666. The number of nitriles is 1. The Kier molecular flexibility index (Phi) is 6.17. The van der Waals surface area contributed by atoms with Crippen LogP contribution < -0.4 is 5.32 Å². The zero-order valence-corrected chi connectivity index (χ0v) is 14.7. The minimum Gasteiger partial charge on any atom is -0.368 e. The molecule has 0 aliphatic rings. The fourth-order valence-electron chi connectivity index (χ4n) is 2.60. The number of pyridine rings is 1. The second kappa shape index (κ2) is 8.95. The molecule has 3 rings (SSSR count). The van der Waals surface area contributed by atoms with Gasteiger partial charge in [0.15, 0.2) is 0 Å². The fourth-order valence-corrected chi connectivity index (χ4v) is 2.60. The van der Waals surface area contributed by atoms with Gasteiger partial charge in [0, 0.05) is 24.7 Å². The highest BCUT2D eigenvalue weighted by Gasteiger charge is 2.12. The topological polar surface area (TPSA) is 74.5 Å². The van der Waals surface area contributed by atoms with Gasteiger partial charge >= 0.3 is 0 Å². The highest BCUT2D eigenvalue weighted by atomic mass is 19.1. The zero-order valence-electron chi connectivity index (χ0n) is 14.7. The van der Waals surface area contributed by atoms with E-state index in [1.807, 2.05) is 6.07 Å². The predicted octanol–water partition coefficient (Wildman–Crippen LogP) is 4.07. The highest BCUT2D eigenvalue weighted by Crippen LogP contribution is 2.22. The van der Waals surface area contributed by atoms with Crippen molar-refractivity contribution in [3.05, 3.63) is 71.6 Å². The molecule has 3 aromatic rings. The van der Waals surface area contributed by atoms with Crippen molar-refractivity contribution in [2.75, 3.05) is 11.9 Å². The van der Waals surface area contributed by atoms with E-state index in [1.165, 1.54) is 36.5 Å². The molecule has 0 saturated carbocycles. The average Bonchev–Trinajstić information content (AvgIpc) is 2.71. The first-order valence-corrected chi connectivity index (χ1v) is 8.58. The van der Waals surface area contributed by atoms with Gasteiger partial charge in [-0.1, -0.05) is 0 Å². The molecule has 1 aromatic carbocycles. The Morgan fingerprint density at radius 3 is 2.64 bits per heavy atom. The number of aromatic nitrogens is 3. The molecule has 2 aromatic heterocycles. The van der Waals surface area contributed by atoms with E-state index in [0.29, 0.717) is 11.4 Å². The second-order valence-corrected chi connectivity index (χ2v) is 6.06. The number of halogens is 3. The lowest BCUT2D eigenvalue weighted by atomic mass is 10.1. The van der Waals surface area contributed by atoms with Crippen LogP contribution in [-0.4, -0.2) is 27.9 Å². The molecule has 28 heavy (non-hydrogen) atoms. The van der Waals surface area contributed by atoms with E-state index in [1.54, 1.807) is 12.1 Å². The van der Waals surface area contributed by atoms with Crippen molar-refractivity contribution in [3.63, 3.8) is 0 Å². The molecule has 0 fully saturated rings. The molecule has 0 radical (unpaired) electrons. The number of anilines is 1. The van der Waals surface area contributed by atoms with Crippen molar-refractivity contribution in [1.82, 2.24) is 15.2 Å². The lowest BCUT2D eigenvalue weighted by Gasteiger charge is -2.10. The number of hydrogen-bond donors (Lipinski definition) is 1. The van der Waals surface area contributed by atoms with Crippen LogP contribution in [0.4, 0.5) is 19.0 Å². The minimum absolute atomic E-state index is 0.0979. The molecule has 0 aliphatic carbocycles. The van der Waals surface area contributed by atoms with Gasteiger partial charge in [0.2, 0.25) is 0 Å². The third kappa shape index (κ3) is 4.82. The van der Waals surface area contributed by atoms with Gasteiger partial charge in [-0.2, -0.15) is 5.26 Å². The summed E-state index contributed by atoms with van der Waals surface area (Å²) < 4.78 is 41.4. The monoisotopic (exact) mass is 383 g/mol. The van der Waals surface area contributed by atoms with Crippen LogP contribution >= 0.6 is 0 Å². The lowest BCUT2D eigenvalue weighted by Crippen LogP contribution is -2.14. The number of benzene rings is 1. The van der Waals surface area contributed by atoms with Gasteiger partial charge in [-0.15, -0.1) is 10.2 Å². The molecule has 1 N–H and O–H groups in total. The van der Waals surface area contributed by atoms with Crippen LogP contribution in [-0.2, 0) is 6.42 Å². The SMILES string of the molecule is N#Cc1ccc(F)c(-c2ccc(NCC[C@H](F)Cc3ncccc3F)nn2)c1. The summed E-state index contributed by atoms with van der Waals surface area (Å²) in [5, 5.41) is 19.7. The molecule has 0 spiro atoms. The molecule has 5 nitrogen and oxygen atoms in total. The van der Waals surface area contributed by atoms with E-state index < -0.39 is 17.8 Å². The van der Waals surface area contributed by atoms with Gasteiger partial charge in [-0.25, -0.2) is 13.2 Å². The molecule has 1 atom stereocenters. The van der Waals surface area contributed by atoms with Crippen molar-refractivity contribution in [3.8, 4) is 17.3 Å². The van der Waals surface area contributed by atoms with Crippen LogP contribution in [0, 0.1) is 23.0 Å². The number of alkyl halides is 1. The first-order valence-electron chi connectivity index (χ1n) is 8.58. The van der Waals surface area contributed by atoms with E-state index >= 15 is 0 Å². The summed E-state index contributed by atoms with van der Waals surface area (Å²) in [4.78, 5) is 3.83. The maximum absolute atomic E-state index is 14.0. The summed E-state index contributed by atoms with van der Waals surface area (Å²) in [6, 6.07) is 11.8. The maximum atomic E-state index is 14.0. The molecule has 8 heteroatoms. The molecular weight excluding hydrogens is 367 g/mol. The second-order valence-electron chi connectivity index (χ2n) is 6.06. The Labute approximate surface area is 159 Å². The van der Waals surface area contributed by atoms with Crippen molar-refractivity contribution < 1.29 is 13.2 Å². The normalized spacial score (nSPS) is 11.6. The van der Waals surface area contributed by atoms with E-state index in [0.717, 1.165) is 0 Å². The molecular formula is C20H16F3N5. The first-order chi connectivity index (χ1) is 13.6. The average molecular weight is 383 g/mol. The molecule has 0 amide bonds. The predicted molar refractivity (Wildman–Crippen MR) is 98.0 cm³/mol. The summed E-state index contributed by atoms with van der Waals surface area (Å²) >= 11 is 0. The van der Waals surface area contributed by atoms with Gasteiger partial charge in [0.05, 0.1) is 23.0 Å². The molecule has 0 bridgehead atoms. The molecule has 0 aliphatic heterocycles. The van der Waals surface area contributed by atoms with Gasteiger partial charge in [-0.05, 0) is 48.9 Å². The number of rotatable bonds is 7. The van der Waals surface area contributed by atoms with Crippen molar-refractivity contribution in [2.45, 2.75) is 19.0 Å². The largest absolute Gasteiger partial charge is 0.368 e. The summed E-state index contributed by atoms with van der Waals surface area (Å²) in [6.07, 6.45) is 0.202. The lowest BCUT2D eigenvalue weighted by molar-refractivity contribution is 0.313. The van der Waals surface area contributed by atoms with Gasteiger partial charge in [0.25, 0.3) is 0 Å².